The minimum atomic E-state index is -0.510. The van der Waals surface area contributed by atoms with Gasteiger partial charge in [-0.05, 0) is 6.42 Å². The summed E-state index contributed by atoms with van der Waals surface area (Å²) in [7, 11) is 0. The Kier molecular flexibility index (Phi) is 3.33. The van der Waals surface area contributed by atoms with Crippen molar-refractivity contribution in [3.05, 3.63) is 12.7 Å². The predicted octanol–water partition coefficient (Wildman–Crippen LogP) is -0.874. The molecule has 0 radical (unpaired) electrons. The number of nitrogens with zero attached hydrogens (tertiary/aromatic N) is 2. The van der Waals surface area contributed by atoms with E-state index in [1.54, 1.807) is 15.9 Å². The number of nitrogens with one attached hydrogen (secondary N) is 1. The highest BCUT2D eigenvalue weighted by atomic mass is 16.2. The fraction of sp³-hybridized carbons (Fsp3) is 0.636. The normalized spacial score (nSPS) is 25.2. The SMILES string of the molecule is C=CCC(N)C(=O)N1CCN2C(=O)NCC2C1. The number of amides is 3. The van der Waals surface area contributed by atoms with E-state index in [2.05, 4.69) is 11.9 Å². The van der Waals surface area contributed by atoms with Gasteiger partial charge in [0.2, 0.25) is 5.91 Å². The van der Waals surface area contributed by atoms with Crippen LogP contribution in [0.15, 0.2) is 12.7 Å². The Bertz CT molecular complexity index is 344. The number of piperazine rings is 1. The smallest absolute Gasteiger partial charge is 0.317 e. The highest BCUT2D eigenvalue weighted by molar-refractivity contribution is 5.83. The zero-order chi connectivity index (χ0) is 12.4. The Labute approximate surface area is 100 Å². The third kappa shape index (κ3) is 2.26. The lowest BCUT2D eigenvalue weighted by Crippen LogP contribution is -2.56. The van der Waals surface area contributed by atoms with Gasteiger partial charge < -0.3 is 20.9 Å². The Hall–Kier alpha value is -1.56. The molecule has 0 aromatic heterocycles. The van der Waals surface area contributed by atoms with Gasteiger partial charge in [0.25, 0.3) is 0 Å². The molecular formula is C11H18N4O2. The van der Waals surface area contributed by atoms with E-state index in [9.17, 15) is 9.59 Å². The van der Waals surface area contributed by atoms with Crippen LogP contribution in [0.3, 0.4) is 0 Å². The van der Waals surface area contributed by atoms with E-state index in [1.165, 1.54) is 0 Å². The van der Waals surface area contributed by atoms with Gasteiger partial charge in [-0.25, -0.2) is 4.79 Å². The van der Waals surface area contributed by atoms with E-state index in [0.29, 0.717) is 32.6 Å². The molecule has 2 heterocycles. The zero-order valence-electron chi connectivity index (χ0n) is 9.76. The van der Waals surface area contributed by atoms with Crippen molar-refractivity contribution < 1.29 is 9.59 Å². The molecule has 2 saturated heterocycles. The van der Waals surface area contributed by atoms with Crippen LogP contribution in [0.4, 0.5) is 4.79 Å². The van der Waals surface area contributed by atoms with Crippen molar-refractivity contribution in [2.75, 3.05) is 26.2 Å². The van der Waals surface area contributed by atoms with Gasteiger partial charge in [-0.15, -0.1) is 6.58 Å². The number of carbonyl (C=O) groups is 2. The molecule has 2 unspecified atom stereocenters. The molecule has 6 nitrogen and oxygen atoms in total. The van der Waals surface area contributed by atoms with Gasteiger partial charge in [0.1, 0.15) is 0 Å². The first-order valence-electron chi connectivity index (χ1n) is 5.83. The van der Waals surface area contributed by atoms with E-state index < -0.39 is 6.04 Å². The average molecular weight is 238 g/mol. The van der Waals surface area contributed by atoms with Gasteiger partial charge in [-0.2, -0.15) is 0 Å². The van der Waals surface area contributed by atoms with Gasteiger partial charge in [-0.3, -0.25) is 4.79 Å². The van der Waals surface area contributed by atoms with Crippen LogP contribution in [-0.4, -0.2) is 60.0 Å². The highest BCUT2D eigenvalue weighted by Crippen LogP contribution is 2.15. The monoisotopic (exact) mass is 238 g/mol. The molecular weight excluding hydrogens is 220 g/mol. The van der Waals surface area contributed by atoms with Crippen LogP contribution in [-0.2, 0) is 4.79 Å². The molecule has 94 valence electrons. The third-order valence-electron chi connectivity index (χ3n) is 3.28. The number of urea groups is 1. The maximum Gasteiger partial charge on any atom is 0.317 e. The molecule has 0 spiro atoms. The van der Waals surface area contributed by atoms with Crippen molar-refractivity contribution in [2.24, 2.45) is 5.73 Å². The van der Waals surface area contributed by atoms with E-state index in [-0.39, 0.29) is 18.0 Å². The molecule has 2 aliphatic heterocycles. The van der Waals surface area contributed by atoms with Crippen LogP contribution in [0, 0.1) is 0 Å². The van der Waals surface area contributed by atoms with Gasteiger partial charge in [0.15, 0.2) is 0 Å². The van der Waals surface area contributed by atoms with Gasteiger partial charge in [0, 0.05) is 26.2 Å². The van der Waals surface area contributed by atoms with Gasteiger partial charge >= 0.3 is 6.03 Å². The number of carbonyl (C=O) groups excluding carboxylic acids is 2. The van der Waals surface area contributed by atoms with Crippen LogP contribution < -0.4 is 11.1 Å². The Morgan fingerprint density at radius 2 is 2.41 bits per heavy atom. The fourth-order valence-electron chi connectivity index (χ4n) is 2.32. The Morgan fingerprint density at radius 1 is 1.65 bits per heavy atom. The van der Waals surface area contributed by atoms with Gasteiger partial charge in [-0.1, -0.05) is 6.08 Å². The zero-order valence-corrected chi connectivity index (χ0v) is 9.76. The van der Waals surface area contributed by atoms with E-state index in [0.717, 1.165) is 0 Å². The first kappa shape index (κ1) is 11.9. The lowest BCUT2D eigenvalue weighted by molar-refractivity contribution is -0.134. The third-order valence-corrected chi connectivity index (χ3v) is 3.28. The summed E-state index contributed by atoms with van der Waals surface area (Å²) in [6.07, 6.45) is 2.14. The highest BCUT2D eigenvalue weighted by Gasteiger charge is 2.37. The molecule has 2 atom stereocenters. The predicted molar refractivity (Wildman–Crippen MR) is 63.3 cm³/mol. The Morgan fingerprint density at radius 3 is 3.12 bits per heavy atom. The number of fused-ring (bicyclic) bond motifs is 1. The maximum absolute atomic E-state index is 12.0. The lowest BCUT2D eigenvalue weighted by Gasteiger charge is -2.37. The number of nitrogens with two attached hydrogens (primary N) is 1. The number of hydrogen-bond donors (Lipinski definition) is 2. The quantitative estimate of drug-likeness (QED) is 0.627. The number of hydrogen-bond acceptors (Lipinski definition) is 3. The summed E-state index contributed by atoms with van der Waals surface area (Å²) < 4.78 is 0. The van der Waals surface area contributed by atoms with E-state index in [1.807, 2.05) is 0 Å². The van der Waals surface area contributed by atoms with Crippen LogP contribution in [0.25, 0.3) is 0 Å². The van der Waals surface area contributed by atoms with E-state index >= 15 is 0 Å². The first-order valence-corrected chi connectivity index (χ1v) is 5.83. The minimum absolute atomic E-state index is 0.0301. The summed E-state index contributed by atoms with van der Waals surface area (Å²) in [6, 6.07) is -0.447. The largest absolute Gasteiger partial charge is 0.337 e. The molecule has 0 aliphatic carbocycles. The van der Waals surface area contributed by atoms with Crippen molar-refractivity contribution in [2.45, 2.75) is 18.5 Å². The van der Waals surface area contributed by atoms with Crippen LogP contribution in [0.2, 0.25) is 0 Å². The summed E-state index contributed by atoms with van der Waals surface area (Å²) in [4.78, 5) is 26.9. The molecule has 3 N–H and O–H groups in total. The first-order chi connectivity index (χ1) is 8.13. The van der Waals surface area contributed by atoms with Crippen LogP contribution >= 0.6 is 0 Å². The fourth-order valence-corrected chi connectivity index (χ4v) is 2.32. The van der Waals surface area contributed by atoms with E-state index in [4.69, 9.17) is 5.73 Å². The topological polar surface area (TPSA) is 78.7 Å². The van der Waals surface area contributed by atoms with Gasteiger partial charge in [0.05, 0.1) is 12.1 Å². The summed E-state index contributed by atoms with van der Waals surface area (Å²) in [5, 5.41) is 2.78. The Balaban J connectivity index is 1.94. The second-order valence-electron chi connectivity index (χ2n) is 4.45. The second-order valence-corrected chi connectivity index (χ2v) is 4.45. The average Bonchev–Trinajstić information content (AvgIpc) is 2.70. The molecule has 0 saturated carbocycles. The summed E-state index contributed by atoms with van der Waals surface area (Å²) in [5.74, 6) is -0.0519. The van der Waals surface area contributed by atoms with Crippen molar-refractivity contribution in [3.63, 3.8) is 0 Å². The standard InChI is InChI=1S/C11H18N4O2/c1-2-3-9(12)10(16)14-4-5-15-8(7-14)6-13-11(15)17/h2,8-9H,1,3-7,12H2,(H,13,17). The van der Waals surface area contributed by atoms with Crippen LogP contribution in [0.1, 0.15) is 6.42 Å². The van der Waals surface area contributed by atoms with Crippen molar-refractivity contribution in [3.8, 4) is 0 Å². The summed E-state index contributed by atoms with van der Waals surface area (Å²) in [5.41, 5.74) is 5.76. The summed E-state index contributed by atoms with van der Waals surface area (Å²) in [6.45, 7) is 5.91. The molecule has 17 heavy (non-hydrogen) atoms. The molecule has 6 heteroatoms. The lowest BCUT2D eigenvalue weighted by atomic mass is 10.1. The minimum Gasteiger partial charge on any atom is -0.337 e. The second kappa shape index (κ2) is 4.75. The number of rotatable bonds is 3. The molecule has 2 fully saturated rings. The van der Waals surface area contributed by atoms with Crippen molar-refractivity contribution >= 4 is 11.9 Å². The molecule has 2 rings (SSSR count). The van der Waals surface area contributed by atoms with Crippen molar-refractivity contribution in [1.82, 2.24) is 15.1 Å². The molecule has 3 amide bonds. The molecule has 0 aromatic rings. The molecule has 2 aliphatic rings. The molecule has 0 aromatic carbocycles. The van der Waals surface area contributed by atoms with Crippen molar-refractivity contribution in [1.29, 1.82) is 0 Å². The maximum atomic E-state index is 12.0. The summed E-state index contributed by atoms with van der Waals surface area (Å²) >= 11 is 0. The van der Waals surface area contributed by atoms with Crippen LogP contribution in [0.5, 0.6) is 0 Å². The molecule has 0 bridgehead atoms.